The molecule has 27 heteroatoms. The summed E-state index contributed by atoms with van der Waals surface area (Å²) in [6.45, 7) is 6.60. The van der Waals surface area contributed by atoms with Crippen molar-refractivity contribution in [2.75, 3.05) is 58.7 Å². The maximum atomic E-state index is 12.8. The average molecular weight is 977 g/mol. The minimum absolute atomic E-state index is 0.00674. The molecule has 9 N–H and O–H groups in total. The highest BCUT2D eigenvalue weighted by Gasteiger charge is 2.44. The van der Waals surface area contributed by atoms with Gasteiger partial charge in [-0.15, -0.1) is 13.2 Å². The van der Waals surface area contributed by atoms with Crippen molar-refractivity contribution in [3.05, 3.63) is 79.3 Å². The van der Waals surface area contributed by atoms with Crippen molar-refractivity contribution >= 4 is 58.1 Å². The Balaban J connectivity index is 1.36. The van der Waals surface area contributed by atoms with Crippen LogP contribution in [-0.4, -0.2) is 117 Å². The third-order valence-corrected chi connectivity index (χ3v) is 12.8. The molecule has 24 nitrogen and oxygen atoms in total. The molecular weight excluding hydrogens is 921 g/mol. The SMILES string of the molecule is C=CCOCOC1C[C@H](n2cc(/C=C/CNC(=O)COC(COc3cccc(C(=O)CCCCCCN)c3)OCC=C)c3c(N)ncnc32)O[C@@H]1COP(=O)(O)OP(=O)(O)OP(=O)(O)O. The number of ketones is 1. The normalized spacial score (nSPS) is 18.9. The van der Waals surface area contributed by atoms with Gasteiger partial charge in [0.1, 0.15) is 55.9 Å². The molecule has 0 bridgehead atoms. The lowest BCUT2D eigenvalue weighted by Crippen LogP contribution is -2.33. The molecule has 2 aromatic heterocycles. The molecule has 0 saturated carbocycles. The molecule has 1 fully saturated rings. The van der Waals surface area contributed by atoms with Gasteiger partial charge in [0.15, 0.2) is 12.1 Å². The van der Waals surface area contributed by atoms with Crippen LogP contribution in [0.3, 0.4) is 0 Å². The number of nitrogens with one attached hydrogen (secondary N) is 1. The van der Waals surface area contributed by atoms with E-state index < -0.39 is 60.7 Å². The standard InChI is InChI=1S/C38H55N6O18P3/c1-3-17-54-26-58-31-20-34(60-32(31)22-59-64(50,51)62-65(52,53)61-63(47,48)49)44-21-28(36-37(40)42-25-43-38(36)44)12-10-16-41-33(46)23-57-35(55-18-4-2)24-56-29-13-9-11-27(19-29)30(45)14-7-5-6-8-15-39/h3-4,9-13,19,21,25,31-32,34-35H,1-2,5-8,14-18,20,22-24,26,39H2,(H,41,46)(H,50,51)(H,52,53)(H2,40,42,43)(H2,47,48,49)/b12-10+/t31?,32-,34-,35?/m1/s1. The number of benzene rings is 1. The Bertz CT molecular complexity index is 2220. The van der Waals surface area contributed by atoms with Crippen LogP contribution in [0.4, 0.5) is 5.82 Å². The first kappa shape index (κ1) is 53.6. The fourth-order valence-corrected chi connectivity index (χ4v) is 9.20. The van der Waals surface area contributed by atoms with E-state index in [0.29, 0.717) is 40.9 Å². The van der Waals surface area contributed by atoms with Crippen LogP contribution in [0.15, 0.2) is 68.2 Å². The monoisotopic (exact) mass is 976 g/mol. The molecule has 6 atom stereocenters. The van der Waals surface area contributed by atoms with Gasteiger partial charge in [-0.05, 0) is 31.5 Å². The van der Waals surface area contributed by atoms with Crippen LogP contribution in [0, 0.1) is 0 Å². The van der Waals surface area contributed by atoms with Gasteiger partial charge in [-0.3, -0.25) is 14.1 Å². The third kappa shape index (κ3) is 18.6. The summed E-state index contributed by atoms with van der Waals surface area (Å²) >= 11 is 0. The van der Waals surface area contributed by atoms with Gasteiger partial charge >= 0.3 is 23.5 Å². The number of hydrogen-bond acceptors (Lipinski definition) is 18. The molecular formula is C38H55N6O18P3. The Morgan fingerprint density at radius 3 is 2.52 bits per heavy atom. The number of fused-ring (bicyclic) bond motifs is 1. The van der Waals surface area contributed by atoms with Crippen LogP contribution in [0.25, 0.3) is 17.1 Å². The van der Waals surface area contributed by atoms with Gasteiger partial charge in [-0.1, -0.05) is 49.3 Å². The van der Waals surface area contributed by atoms with E-state index in [0.717, 1.165) is 25.7 Å². The van der Waals surface area contributed by atoms with E-state index in [1.807, 2.05) is 0 Å². The van der Waals surface area contributed by atoms with Crippen molar-refractivity contribution < 1.29 is 84.4 Å². The second-order valence-corrected chi connectivity index (χ2v) is 18.4. The molecule has 1 saturated heterocycles. The van der Waals surface area contributed by atoms with Crippen LogP contribution in [-0.2, 0) is 55.3 Å². The molecule has 1 aliphatic rings. The fourth-order valence-electron chi connectivity index (χ4n) is 6.17. The summed E-state index contributed by atoms with van der Waals surface area (Å²) in [4.78, 5) is 71.2. The zero-order chi connectivity index (χ0) is 47.5. The Morgan fingerprint density at radius 2 is 1.78 bits per heavy atom. The minimum atomic E-state index is -5.77. The van der Waals surface area contributed by atoms with Crippen molar-refractivity contribution in [3.63, 3.8) is 0 Å². The molecule has 0 spiro atoms. The lowest BCUT2D eigenvalue weighted by atomic mass is 10.0. The van der Waals surface area contributed by atoms with Crippen LogP contribution >= 0.6 is 23.5 Å². The number of carbonyl (C=O) groups is 2. The lowest BCUT2D eigenvalue weighted by Gasteiger charge is -2.21. The molecule has 65 heavy (non-hydrogen) atoms. The van der Waals surface area contributed by atoms with Gasteiger partial charge in [0.05, 0.1) is 31.3 Å². The Labute approximate surface area is 374 Å². The smallest absolute Gasteiger partial charge is 0.488 e. The molecule has 1 amide bonds. The van der Waals surface area contributed by atoms with E-state index in [9.17, 15) is 33.1 Å². The number of unbranched alkanes of at least 4 members (excludes halogenated alkanes) is 3. The predicted molar refractivity (Wildman–Crippen MR) is 233 cm³/mol. The van der Waals surface area contributed by atoms with E-state index in [-0.39, 0.29) is 57.8 Å². The van der Waals surface area contributed by atoms with E-state index in [4.69, 9.17) is 54.2 Å². The van der Waals surface area contributed by atoms with E-state index in [1.54, 1.807) is 47.2 Å². The minimum Gasteiger partial charge on any atom is -0.488 e. The van der Waals surface area contributed by atoms with E-state index in [2.05, 4.69) is 37.1 Å². The molecule has 0 radical (unpaired) electrons. The highest BCUT2D eigenvalue weighted by molar-refractivity contribution is 7.66. The zero-order valence-corrected chi connectivity index (χ0v) is 37.9. The highest BCUT2D eigenvalue weighted by atomic mass is 31.3. The number of aromatic nitrogens is 3. The van der Waals surface area contributed by atoms with Crippen LogP contribution in [0.1, 0.15) is 60.7 Å². The molecule has 1 aromatic carbocycles. The predicted octanol–water partition coefficient (Wildman–Crippen LogP) is 4.04. The summed E-state index contributed by atoms with van der Waals surface area (Å²) in [5.41, 5.74) is 13.1. The molecule has 4 unspecified atom stereocenters. The van der Waals surface area contributed by atoms with Crippen molar-refractivity contribution in [1.29, 1.82) is 0 Å². The second-order valence-electron chi connectivity index (χ2n) is 14.0. The van der Waals surface area contributed by atoms with Crippen LogP contribution < -0.4 is 21.5 Å². The highest BCUT2D eigenvalue weighted by Crippen LogP contribution is 2.66. The van der Waals surface area contributed by atoms with Crippen LogP contribution in [0.2, 0.25) is 0 Å². The number of phosphoric ester groups is 1. The first-order valence-corrected chi connectivity index (χ1v) is 24.5. The summed E-state index contributed by atoms with van der Waals surface area (Å²) < 4.78 is 83.7. The largest absolute Gasteiger partial charge is 0.490 e. The lowest BCUT2D eigenvalue weighted by molar-refractivity contribution is -0.162. The van der Waals surface area contributed by atoms with Crippen molar-refractivity contribution in [2.45, 2.75) is 63.3 Å². The molecule has 0 aliphatic carbocycles. The quantitative estimate of drug-likeness (QED) is 0.0153. The molecule has 4 rings (SSSR count). The molecule has 3 aromatic rings. The topological polar surface area (TPSA) is 344 Å². The number of Topliss-reactive ketones (excluding diaryl/α,β-unsaturated/α-hetero) is 1. The van der Waals surface area contributed by atoms with Crippen molar-refractivity contribution in [3.8, 4) is 5.75 Å². The first-order chi connectivity index (χ1) is 30.9. The number of nitrogens with zero attached hydrogens (tertiary/aromatic N) is 3. The maximum Gasteiger partial charge on any atom is 0.490 e. The van der Waals surface area contributed by atoms with Gasteiger partial charge in [-0.2, -0.15) is 8.62 Å². The number of ether oxygens (including phenoxy) is 6. The maximum absolute atomic E-state index is 12.8. The zero-order valence-electron chi connectivity index (χ0n) is 35.2. The Hall–Kier alpha value is -4.03. The fraction of sp³-hybridized carbons (Fsp3) is 0.474. The van der Waals surface area contributed by atoms with Crippen molar-refractivity contribution in [1.82, 2.24) is 19.9 Å². The van der Waals surface area contributed by atoms with Gasteiger partial charge < -0.3 is 69.3 Å². The van der Waals surface area contributed by atoms with Crippen molar-refractivity contribution in [2.24, 2.45) is 5.73 Å². The number of nitrogen functional groups attached to an aromatic ring is 1. The van der Waals surface area contributed by atoms with Gasteiger partial charge in [-0.25, -0.2) is 23.7 Å². The van der Waals surface area contributed by atoms with Gasteiger partial charge in [0.25, 0.3) is 0 Å². The Kier molecular flexibility index (Phi) is 21.7. The number of carbonyl (C=O) groups excluding carboxylic acids is 2. The number of nitrogens with two attached hydrogens (primary N) is 2. The molecule has 3 heterocycles. The number of rotatable bonds is 32. The summed E-state index contributed by atoms with van der Waals surface area (Å²) in [6.07, 6.45) is 9.34. The summed E-state index contributed by atoms with van der Waals surface area (Å²) in [5.74, 6) is 0.0750. The summed E-state index contributed by atoms with van der Waals surface area (Å²) in [6, 6.07) is 6.80. The Morgan fingerprint density at radius 1 is 1.02 bits per heavy atom. The third-order valence-electron chi connectivity index (χ3n) is 8.99. The van der Waals surface area contributed by atoms with E-state index in [1.165, 1.54) is 18.5 Å². The van der Waals surface area contributed by atoms with Gasteiger partial charge in [0.2, 0.25) is 5.91 Å². The number of anilines is 1. The van der Waals surface area contributed by atoms with Gasteiger partial charge in [0, 0.05) is 36.7 Å². The van der Waals surface area contributed by atoms with Crippen LogP contribution in [0.5, 0.6) is 5.75 Å². The summed E-state index contributed by atoms with van der Waals surface area (Å²) in [5, 5.41) is 3.13. The average Bonchev–Trinajstić information content (AvgIpc) is 3.83. The molecule has 360 valence electrons. The summed E-state index contributed by atoms with van der Waals surface area (Å²) in [7, 11) is -16.9. The number of amides is 1. The number of hydrogen-bond donors (Lipinski definition) is 7. The van der Waals surface area contributed by atoms with E-state index >= 15 is 0 Å². The second kappa shape index (κ2) is 26.3. The number of phosphoric acid groups is 3. The first-order valence-electron chi connectivity index (χ1n) is 20.0. The molecule has 1 aliphatic heterocycles.